The molecule has 0 spiro atoms. The van der Waals surface area contributed by atoms with Crippen molar-refractivity contribution in [1.82, 2.24) is 4.57 Å². The number of hydrogen-bond acceptors (Lipinski definition) is 4. The maximum atomic E-state index is 11.6. The molecule has 2 N–H and O–H groups in total. The van der Waals surface area contributed by atoms with Gasteiger partial charge in [-0.05, 0) is 18.2 Å². The first-order valence-corrected chi connectivity index (χ1v) is 6.78. The highest BCUT2D eigenvalue weighted by molar-refractivity contribution is 5.85. The fourth-order valence-corrected chi connectivity index (χ4v) is 2.26. The molecule has 0 aliphatic rings. The molecule has 3 aromatic rings. The maximum absolute atomic E-state index is 11.6. The smallest absolute Gasteiger partial charge is 0.250 e. The number of nitrogens with two attached hydrogens (primary N) is 1. The van der Waals surface area contributed by atoms with Gasteiger partial charge in [0, 0.05) is 12.3 Å². The molecule has 0 fully saturated rings. The van der Waals surface area contributed by atoms with Gasteiger partial charge in [0.05, 0.1) is 18.5 Å². The third-order valence-corrected chi connectivity index (χ3v) is 3.28. The molecule has 0 aliphatic carbocycles. The molecule has 0 unspecified atom stereocenters. The lowest BCUT2D eigenvalue weighted by Gasteiger charge is -2.08. The summed E-state index contributed by atoms with van der Waals surface area (Å²) in [7, 11) is 0. The summed E-state index contributed by atoms with van der Waals surface area (Å²) in [5, 5.41) is 0.901. The summed E-state index contributed by atoms with van der Waals surface area (Å²) >= 11 is 0. The lowest BCUT2D eigenvalue weighted by molar-refractivity contribution is 0.290. The largest absolute Gasteiger partial charge is 0.487 e. The van der Waals surface area contributed by atoms with Crippen LogP contribution in [0.4, 0.5) is 0 Å². The highest BCUT2D eigenvalue weighted by Crippen LogP contribution is 2.32. The second-order valence-corrected chi connectivity index (χ2v) is 4.64. The van der Waals surface area contributed by atoms with E-state index in [1.54, 1.807) is 16.8 Å². The lowest BCUT2D eigenvalue weighted by Crippen LogP contribution is -2.21. The van der Waals surface area contributed by atoms with E-state index in [4.69, 9.17) is 14.9 Å². The van der Waals surface area contributed by atoms with E-state index in [-0.39, 0.29) is 12.1 Å². The molecule has 0 atom stereocenters. The van der Waals surface area contributed by atoms with Crippen LogP contribution in [0.1, 0.15) is 5.76 Å². The number of pyridine rings is 1. The molecule has 0 amide bonds. The number of fused-ring (bicyclic) bond motifs is 1. The van der Waals surface area contributed by atoms with Gasteiger partial charge in [-0.3, -0.25) is 4.79 Å². The molecular weight excluding hydrogens is 268 g/mol. The SMILES string of the molecule is NCc1oc2ccccc2c1OCCn1ccccc1=O. The zero-order chi connectivity index (χ0) is 14.7. The van der Waals surface area contributed by atoms with E-state index in [2.05, 4.69) is 0 Å². The molecule has 21 heavy (non-hydrogen) atoms. The predicted molar refractivity (Wildman–Crippen MR) is 80.3 cm³/mol. The van der Waals surface area contributed by atoms with Crippen LogP contribution < -0.4 is 16.0 Å². The lowest BCUT2D eigenvalue weighted by atomic mass is 10.2. The van der Waals surface area contributed by atoms with E-state index < -0.39 is 0 Å². The summed E-state index contributed by atoms with van der Waals surface area (Å²) in [6.45, 7) is 1.12. The van der Waals surface area contributed by atoms with Crippen LogP contribution in [-0.2, 0) is 13.1 Å². The molecular formula is C16H16N2O3. The molecule has 108 valence electrons. The molecule has 0 bridgehead atoms. The summed E-state index contributed by atoms with van der Waals surface area (Å²) in [6.07, 6.45) is 1.74. The number of benzene rings is 1. The number of ether oxygens (including phenoxy) is 1. The van der Waals surface area contributed by atoms with Crippen LogP contribution >= 0.6 is 0 Å². The normalized spacial score (nSPS) is 10.9. The average Bonchev–Trinajstić information content (AvgIpc) is 2.87. The Morgan fingerprint density at radius 1 is 1.14 bits per heavy atom. The third-order valence-electron chi connectivity index (χ3n) is 3.28. The molecule has 0 saturated carbocycles. The number of para-hydroxylation sites is 1. The van der Waals surface area contributed by atoms with Gasteiger partial charge in [-0.25, -0.2) is 0 Å². The van der Waals surface area contributed by atoms with Gasteiger partial charge >= 0.3 is 0 Å². The van der Waals surface area contributed by atoms with Crippen LogP contribution in [0, 0.1) is 0 Å². The van der Waals surface area contributed by atoms with Crippen LogP contribution in [0.2, 0.25) is 0 Å². The molecule has 2 aromatic heterocycles. The van der Waals surface area contributed by atoms with Crippen molar-refractivity contribution in [3.8, 4) is 5.75 Å². The zero-order valence-electron chi connectivity index (χ0n) is 11.5. The first-order valence-electron chi connectivity index (χ1n) is 6.78. The molecule has 1 aromatic carbocycles. The summed E-state index contributed by atoms with van der Waals surface area (Å²) in [5.74, 6) is 1.29. The Morgan fingerprint density at radius 3 is 2.76 bits per heavy atom. The van der Waals surface area contributed by atoms with Crippen molar-refractivity contribution in [1.29, 1.82) is 0 Å². The molecule has 0 aliphatic heterocycles. The summed E-state index contributed by atoms with van der Waals surface area (Å²) in [6, 6.07) is 12.7. The van der Waals surface area contributed by atoms with Crippen molar-refractivity contribution in [2.75, 3.05) is 6.61 Å². The maximum Gasteiger partial charge on any atom is 0.250 e. The minimum absolute atomic E-state index is 0.0443. The van der Waals surface area contributed by atoms with Crippen LogP contribution in [0.15, 0.2) is 57.9 Å². The van der Waals surface area contributed by atoms with Crippen molar-refractivity contribution in [2.24, 2.45) is 5.73 Å². The Bertz CT molecular complexity index is 804. The Hall–Kier alpha value is -2.53. The Morgan fingerprint density at radius 2 is 1.95 bits per heavy atom. The van der Waals surface area contributed by atoms with Gasteiger partial charge in [-0.1, -0.05) is 18.2 Å². The topological polar surface area (TPSA) is 70.4 Å². The Balaban J connectivity index is 1.79. The average molecular weight is 284 g/mol. The van der Waals surface area contributed by atoms with Crippen LogP contribution in [-0.4, -0.2) is 11.2 Å². The fraction of sp³-hybridized carbons (Fsp3) is 0.188. The summed E-state index contributed by atoms with van der Waals surface area (Å²) < 4.78 is 13.1. The third kappa shape index (κ3) is 2.68. The fourth-order valence-electron chi connectivity index (χ4n) is 2.26. The van der Waals surface area contributed by atoms with Gasteiger partial charge in [0.25, 0.3) is 5.56 Å². The zero-order valence-corrected chi connectivity index (χ0v) is 11.5. The molecule has 2 heterocycles. The molecule has 0 radical (unpaired) electrons. The van der Waals surface area contributed by atoms with E-state index in [1.807, 2.05) is 30.3 Å². The van der Waals surface area contributed by atoms with Gasteiger partial charge < -0.3 is 19.5 Å². The van der Waals surface area contributed by atoms with Crippen molar-refractivity contribution < 1.29 is 9.15 Å². The number of hydrogen-bond donors (Lipinski definition) is 1. The minimum atomic E-state index is -0.0443. The van der Waals surface area contributed by atoms with E-state index in [9.17, 15) is 4.79 Å². The minimum Gasteiger partial charge on any atom is -0.487 e. The summed E-state index contributed by atoms with van der Waals surface area (Å²) in [5.41, 5.74) is 6.40. The standard InChI is InChI=1S/C16H16N2O3/c17-11-14-16(12-5-1-2-6-13(12)21-14)20-10-9-18-8-4-3-7-15(18)19/h1-8H,9-11,17H2. The quantitative estimate of drug-likeness (QED) is 0.779. The number of rotatable bonds is 5. The van der Waals surface area contributed by atoms with E-state index >= 15 is 0 Å². The number of aromatic nitrogens is 1. The van der Waals surface area contributed by atoms with Crippen molar-refractivity contribution in [3.05, 3.63) is 64.8 Å². The van der Waals surface area contributed by atoms with Crippen LogP contribution in [0.3, 0.4) is 0 Å². The highest BCUT2D eigenvalue weighted by Gasteiger charge is 2.13. The van der Waals surface area contributed by atoms with Gasteiger partial charge in [0.15, 0.2) is 11.5 Å². The van der Waals surface area contributed by atoms with Crippen LogP contribution in [0.25, 0.3) is 11.0 Å². The molecule has 5 heteroatoms. The highest BCUT2D eigenvalue weighted by atomic mass is 16.5. The molecule has 5 nitrogen and oxygen atoms in total. The number of furan rings is 1. The summed E-state index contributed by atoms with van der Waals surface area (Å²) in [4.78, 5) is 11.6. The molecule has 3 rings (SSSR count). The Labute approximate surface area is 121 Å². The van der Waals surface area contributed by atoms with Gasteiger partial charge in [-0.2, -0.15) is 0 Å². The van der Waals surface area contributed by atoms with E-state index in [0.29, 0.717) is 24.7 Å². The first kappa shape index (κ1) is 13.5. The second kappa shape index (κ2) is 5.85. The van der Waals surface area contributed by atoms with E-state index in [1.165, 1.54) is 6.07 Å². The van der Waals surface area contributed by atoms with Crippen molar-refractivity contribution in [3.63, 3.8) is 0 Å². The van der Waals surface area contributed by atoms with Gasteiger partial charge in [-0.15, -0.1) is 0 Å². The first-order chi connectivity index (χ1) is 10.3. The predicted octanol–water partition coefficient (Wildman–Crippen LogP) is 2.13. The monoisotopic (exact) mass is 284 g/mol. The van der Waals surface area contributed by atoms with E-state index in [0.717, 1.165) is 11.0 Å². The Kier molecular flexibility index (Phi) is 3.75. The van der Waals surface area contributed by atoms with Crippen molar-refractivity contribution in [2.45, 2.75) is 13.1 Å². The van der Waals surface area contributed by atoms with Gasteiger partial charge in [0.2, 0.25) is 0 Å². The van der Waals surface area contributed by atoms with Crippen molar-refractivity contribution >= 4 is 11.0 Å². The number of nitrogens with zero attached hydrogens (tertiary/aromatic N) is 1. The van der Waals surface area contributed by atoms with Gasteiger partial charge in [0.1, 0.15) is 12.2 Å². The molecule has 0 saturated heterocycles. The van der Waals surface area contributed by atoms with Crippen LogP contribution in [0.5, 0.6) is 5.75 Å². The second-order valence-electron chi connectivity index (χ2n) is 4.64.